The quantitative estimate of drug-likeness (QED) is 0.600. The van der Waals surface area contributed by atoms with Crippen molar-refractivity contribution in [1.82, 2.24) is 0 Å². The zero-order valence-corrected chi connectivity index (χ0v) is 15.5. The van der Waals surface area contributed by atoms with Crippen molar-refractivity contribution < 1.29 is 4.79 Å². The molecule has 0 aromatic heterocycles. The van der Waals surface area contributed by atoms with E-state index >= 15 is 0 Å². The fraction of sp³-hybridized carbons (Fsp3) is 0.304. The van der Waals surface area contributed by atoms with Gasteiger partial charge in [-0.2, -0.15) is 5.26 Å². The van der Waals surface area contributed by atoms with Gasteiger partial charge in [0.2, 0.25) is 0 Å². The Labute approximate surface area is 155 Å². The molecule has 26 heavy (non-hydrogen) atoms. The average Bonchev–Trinajstić information content (AvgIpc) is 3.08. The van der Waals surface area contributed by atoms with Gasteiger partial charge in [0.05, 0.1) is 5.57 Å². The lowest BCUT2D eigenvalue weighted by atomic mass is 10.1. The highest BCUT2D eigenvalue weighted by molar-refractivity contribution is 5.96. The molecule has 0 radical (unpaired) electrons. The Bertz CT molecular complexity index is 924. The third kappa shape index (κ3) is 4.89. The highest BCUT2D eigenvalue weighted by Gasteiger charge is 2.18. The number of Topliss-reactive ketones (excluding diaryl/α,β-unsaturated/α-hetero) is 1. The Balaban J connectivity index is 0.000000197. The number of carbonyl (C=O) groups is 1. The smallest absolute Gasteiger partial charge is 0.168 e. The van der Waals surface area contributed by atoms with Crippen LogP contribution in [0.5, 0.6) is 0 Å². The molecule has 1 aromatic carbocycles. The van der Waals surface area contributed by atoms with Crippen LogP contribution in [0.15, 0.2) is 53.0 Å². The van der Waals surface area contributed by atoms with E-state index in [1.165, 1.54) is 37.7 Å². The highest BCUT2D eigenvalue weighted by Crippen LogP contribution is 2.25. The number of benzene rings is 1. The Morgan fingerprint density at radius 3 is 2.58 bits per heavy atom. The minimum atomic E-state index is -0.0641. The summed E-state index contributed by atoms with van der Waals surface area (Å²) in [5.41, 5.74) is 9.54. The van der Waals surface area contributed by atoms with Crippen LogP contribution in [0.2, 0.25) is 0 Å². The van der Waals surface area contributed by atoms with Gasteiger partial charge in [-0.1, -0.05) is 24.3 Å². The van der Waals surface area contributed by atoms with Crippen molar-refractivity contribution in [3.8, 4) is 18.4 Å². The van der Waals surface area contributed by atoms with E-state index in [1.54, 1.807) is 12.2 Å². The van der Waals surface area contributed by atoms with Crippen molar-refractivity contribution in [1.29, 1.82) is 5.26 Å². The van der Waals surface area contributed by atoms with E-state index in [0.29, 0.717) is 11.1 Å². The Kier molecular flexibility index (Phi) is 6.43. The maximum atomic E-state index is 10.7. The lowest BCUT2D eigenvalue weighted by Crippen LogP contribution is -2.19. The lowest BCUT2D eigenvalue weighted by Gasteiger charge is -2.19. The van der Waals surface area contributed by atoms with Gasteiger partial charge in [0, 0.05) is 24.3 Å². The second-order valence-corrected chi connectivity index (χ2v) is 6.56. The van der Waals surface area contributed by atoms with Crippen LogP contribution in [0.4, 0.5) is 5.69 Å². The number of hydrogen-bond donors (Lipinski definition) is 0. The number of nitriles is 1. The predicted molar refractivity (Wildman–Crippen MR) is 105 cm³/mol. The number of rotatable bonds is 2. The fourth-order valence-corrected chi connectivity index (χ4v) is 2.83. The number of ketones is 1. The molecule has 3 nitrogen and oxygen atoms in total. The molecule has 2 aliphatic rings. The van der Waals surface area contributed by atoms with Crippen LogP contribution < -0.4 is 4.90 Å². The van der Waals surface area contributed by atoms with Crippen LogP contribution in [0, 0.1) is 36.5 Å². The number of terminal acetylenes is 1. The molecule has 1 saturated heterocycles. The summed E-state index contributed by atoms with van der Waals surface area (Å²) < 4.78 is 0. The normalized spacial score (nSPS) is 17.4. The Morgan fingerprint density at radius 2 is 2.12 bits per heavy atom. The summed E-state index contributed by atoms with van der Waals surface area (Å²) in [4.78, 5) is 13.2. The third-order valence-electron chi connectivity index (χ3n) is 4.40. The first-order valence-corrected chi connectivity index (χ1v) is 8.62. The molecule has 0 N–H and O–H groups in total. The maximum Gasteiger partial charge on any atom is 0.168 e. The van der Waals surface area contributed by atoms with Crippen LogP contribution >= 0.6 is 0 Å². The van der Waals surface area contributed by atoms with Crippen LogP contribution in [0.1, 0.15) is 31.4 Å². The molecule has 0 amide bonds. The van der Waals surface area contributed by atoms with Gasteiger partial charge in [0.1, 0.15) is 11.6 Å². The molecule has 3 rings (SSSR count). The first kappa shape index (κ1) is 19.1. The largest absolute Gasteiger partial charge is 0.371 e. The zero-order valence-electron chi connectivity index (χ0n) is 15.5. The molecule has 1 unspecified atom stereocenters. The molecule has 3 heteroatoms. The van der Waals surface area contributed by atoms with Crippen molar-refractivity contribution in [3.63, 3.8) is 0 Å². The molecule has 1 heterocycles. The van der Waals surface area contributed by atoms with Crippen LogP contribution in [-0.2, 0) is 4.79 Å². The number of carbonyl (C=O) groups excluding carboxylic acids is 1. The summed E-state index contributed by atoms with van der Waals surface area (Å²) in [6.45, 7) is 8.19. The van der Waals surface area contributed by atoms with Crippen LogP contribution in [-0.4, -0.2) is 18.9 Å². The minimum absolute atomic E-state index is 0.0641. The molecular formula is C23H22N2O. The molecule has 1 fully saturated rings. The SMILES string of the molecule is C#Cc1ccc(N2CCC(C)C2)cc1C.CC(=O)C1=C=C=C(C#N)C=C1. The summed E-state index contributed by atoms with van der Waals surface area (Å²) in [5.74, 6) is 3.46. The number of hydrogen-bond acceptors (Lipinski definition) is 3. The topological polar surface area (TPSA) is 44.1 Å². The lowest BCUT2D eigenvalue weighted by molar-refractivity contribution is -0.113. The van der Waals surface area contributed by atoms with Gasteiger partial charge in [-0.3, -0.25) is 4.79 Å². The van der Waals surface area contributed by atoms with Gasteiger partial charge in [0.25, 0.3) is 0 Å². The molecule has 0 spiro atoms. The van der Waals surface area contributed by atoms with E-state index in [1.807, 2.05) is 12.1 Å². The number of allylic oxidation sites excluding steroid dienone is 4. The van der Waals surface area contributed by atoms with Gasteiger partial charge in [0.15, 0.2) is 5.78 Å². The minimum Gasteiger partial charge on any atom is -0.371 e. The Hall–Kier alpha value is -3.22. The zero-order chi connectivity index (χ0) is 19.1. The molecule has 1 aliphatic carbocycles. The fourth-order valence-electron chi connectivity index (χ4n) is 2.83. The molecule has 1 atom stereocenters. The number of aryl methyl sites for hydroxylation is 1. The first-order valence-electron chi connectivity index (χ1n) is 8.62. The van der Waals surface area contributed by atoms with E-state index in [2.05, 4.69) is 48.3 Å². The van der Waals surface area contributed by atoms with Crippen LogP contribution in [0.25, 0.3) is 0 Å². The number of nitrogens with zero attached hydrogens (tertiary/aromatic N) is 2. The van der Waals surface area contributed by atoms with E-state index in [-0.39, 0.29) is 5.78 Å². The van der Waals surface area contributed by atoms with Crippen molar-refractivity contribution >= 4 is 11.5 Å². The standard InChI is InChI=1S/C14H17N.C9H5NO/c1-4-13-5-6-14(9-12(13)3)15-8-7-11(2)10-15;1-7(11)9-4-2-8(6-10)3-5-9/h1,5-6,9,11H,7-8,10H2,2-3H3;2,4H,1H3. The van der Waals surface area contributed by atoms with Crippen LogP contribution in [0.3, 0.4) is 0 Å². The molecule has 0 bridgehead atoms. The monoisotopic (exact) mass is 342 g/mol. The molecular weight excluding hydrogens is 320 g/mol. The highest BCUT2D eigenvalue weighted by atomic mass is 16.1. The van der Waals surface area contributed by atoms with Crippen molar-refractivity contribution in [2.24, 2.45) is 5.92 Å². The second-order valence-electron chi connectivity index (χ2n) is 6.56. The van der Waals surface area contributed by atoms with Gasteiger partial charge in [-0.25, -0.2) is 0 Å². The maximum absolute atomic E-state index is 10.7. The van der Waals surface area contributed by atoms with E-state index in [0.717, 1.165) is 11.5 Å². The van der Waals surface area contributed by atoms with E-state index in [4.69, 9.17) is 11.7 Å². The molecule has 1 aromatic rings. The van der Waals surface area contributed by atoms with Gasteiger partial charge in [-0.05, 0) is 62.1 Å². The predicted octanol–water partition coefficient (Wildman–Crippen LogP) is 4.10. The summed E-state index contributed by atoms with van der Waals surface area (Å²) in [5, 5.41) is 8.38. The molecule has 130 valence electrons. The third-order valence-corrected chi connectivity index (χ3v) is 4.40. The van der Waals surface area contributed by atoms with Gasteiger partial charge in [-0.15, -0.1) is 6.42 Å². The average molecular weight is 342 g/mol. The van der Waals surface area contributed by atoms with Gasteiger partial charge >= 0.3 is 0 Å². The first-order chi connectivity index (χ1) is 12.4. The van der Waals surface area contributed by atoms with E-state index < -0.39 is 0 Å². The van der Waals surface area contributed by atoms with Gasteiger partial charge < -0.3 is 4.90 Å². The summed E-state index contributed by atoms with van der Waals surface area (Å²) in [7, 11) is 0. The second kappa shape index (κ2) is 8.75. The summed E-state index contributed by atoms with van der Waals surface area (Å²) >= 11 is 0. The van der Waals surface area contributed by atoms with Crippen molar-refractivity contribution in [2.75, 3.05) is 18.0 Å². The number of anilines is 1. The van der Waals surface area contributed by atoms with E-state index in [9.17, 15) is 4.79 Å². The van der Waals surface area contributed by atoms with Crippen molar-refractivity contribution in [3.05, 3.63) is 64.1 Å². The van der Waals surface area contributed by atoms with Crippen molar-refractivity contribution in [2.45, 2.75) is 27.2 Å². The molecule has 0 saturated carbocycles. The summed E-state index contributed by atoms with van der Waals surface area (Å²) in [6, 6.07) is 8.28. The molecule has 1 aliphatic heterocycles. The summed E-state index contributed by atoms with van der Waals surface area (Å²) in [6.07, 6.45) is 9.83. The Morgan fingerprint density at radius 1 is 1.35 bits per heavy atom.